The summed E-state index contributed by atoms with van der Waals surface area (Å²) < 4.78 is 17.6. The average Bonchev–Trinajstić information content (AvgIpc) is 2.74. The van der Waals surface area contributed by atoms with Gasteiger partial charge in [-0.25, -0.2) is 9.59 Å². The summed E-state index contributed by atoms with van der Waals surface area (Å²) in [6.45, 7) is 17.0. The molecule has 0 atom stereocenters. The fourth-order valence-corrected chi connectivity index (χ4v) is 4.20. The second-order valence-electron chi connectivity index (χ2n) is 11.0. The number of benzene rings is 1. The second kappa shape index (κ2) is 11.2. The molecular weight excluding hydrogens is 528 g/mol. The Bertz CT molecular complexity index is 1060. The molecule has 0 radical (unpaired) electrons. The van der Waals surface area contributed by atoms with E-state index in [1.54, 1.807) is 30.6 Å². The van der Waals surface area contributed by atoms with Gasteiger partial charge in [0.1, 0.15) is 5.60 Å². The van der Waals surface area contributed by atoms with Gasteiger partial charge in [-0.3, -0.25) is 9.88 Å². The van der Waals surface area contributed by atoms with Gasteiger partial charge in [0.15, 0.2) is 8.32 Å². The van der Waals surface area contributed by atoms with Crippen LogP contribution in [0.25, 0.3) is 0 Å². The molecule has 0 fully saturated rings. The minimum absolute atomic E-state index is 0.0809. The number of aromatic nitrogens is 1. The second-order valence-corrected chi connectivity index (χ2v) is 16.6. The predicted octanol–water partition coefficient (Wildman–Crippen LogP) is 7.09. The molecule has 0 N–H and O–H groups in total. The van der Waals surface area contributed by atoms with Crippen LogP contribution in [-0.2, 0) is 27.1 Å². The molecule has 2 rings (SSSR count). The molecule has 1 aromatic carbocycles. The number of methoxy groups -OCH3 is 1. The van der Waals surface area contributed by atoms with Crippen molar-refractivity contribution in [3.8, 4) is 0 Å². The summed E-state index contributed by atoms with van der Waals surface area (Å²) in [6.07, 6.45) is 2.85. The van der Waals surface area contributed by atoms with Gasteiger partial charge in [0.25, 0.3) is 0 Å². The lowest BCUT2D eigenvalue weighted by molar-refractivity contribution is 0.0575. The van der Waals surface area contributed by atoms with Crippen LogP contribution in [0.1, 0.15) is 63.0 Å². The lowest BCUT2D eigenvalue weighted by atomic mass is 10.1. The summed E-state index contributed by atoms with van der Waals surface area (Å²) in [5, 5.41) is 0.0809. The average molecular weight is 566 g/mol. The van der Waals surface area contributed by atoms with Gasteiger partial charge in [-0.15, -0.1) is 0 Å². The smallest absolute Gasteiger partial charge is 0.415 e. The van der Waals surface area contributed by atoms with Gasteiger partial charge in [0, 0.05) is 10.7 Å². The zero-order chi connectivity index (χ0) is 26.6. The zero-order valence-corrected chi connectivity index (χ0v) is 24.8. The molecule has 0 aliphatic carbocycles. The maximum Gasteiger partial charge on any atom is 0.415 e. The molecule has 0 bridgehead atoms. The van der Waals surface area contributed by atoms with Crippen molar-refractivity contribution in [2.75, 3.05) is 12.0 Å². The molecule has 1 heterocycles. The number of anilines is 1. The monoisotopic (exact) mass is 564 g/mol. The maximum atomic E-state index is 13.3. The molecule has 192 valence electrons. The lowest BCUT2D eigenvalue weighted by Gasteiger charge is -2.36. The minimum atomic E-state index is -1.96. The van der Waals surface area contributed by atoms with E-state index in [0.717, 1.165) is 15.6 Å². The topological polar surface area (TPSA) is 78.0 Å². The molecule has 2 aromatic rings. The van der Waals surface area contributed by atoms with Gasteiger partial charge in [0.2, 0.25) is 0 Å². The molecule has 0 aliphatic rings. The van der Waals surface area contributed by atoms with Gasteiger partial charge >= 0.3 is 12.1 Å². The van der Waals surface area contributed by atoms with Gasteiger partial charge < -0.3 is 13.9 Å². The summed E-state index contributed by atoms with van der Waals surface area (Å²) in [4.78, 5) is 31.2. The van der Waals surface area contributed by atoms with E-state index in [-0.39, 0.29) is 11.6 Å². The fraction of sp³-hybridized carbons (Fsp3) is 0.500. The van der Waals surface area contributed by atoms with Crippen LogP contribution >= 0.6 is 15.9 Å². The minimum Gasteiger partial charge on any atom is -0.465 e. The van der Waals surface area contributed by atoms with Gasteiger partial charge in [-0.05, 0) is 74.3 Å². The van der Waals surface area contributed by atoms with E-state index in [1.807, 2.05) is 26.8 Å². The van der Waals surface area contributed by atoms with Crippen molar-refractivity contribution in [3.05, 3.63) is 57.8 Å². The normalized spacial score (nSPS) is 12.3. The third-order valence-electron chi connectivity index (χ3n) is 5.91. The first-order chi connectivity index (χ1) is 16.0. The Balaban J connectivity index is 2.42. The number of pyridine rings is 1. The number of amides is 1. The number of halogens is 1. The summed E-state index contributed by atoms with van der Waals surface area (Å²) >= 11 is 3.53. The van der Waals surface area contributed by atoms with E-state index >= 15 is 0 Å². The molecule has 1 amide bonds. The first-order valence-corrected chi connectivity index (χ1v) is 15.2. The molecule has 7 nitrogen and oxygen atoms in total. The first-order valence-electron chi connectivity index (χ1n) is 11.5. The molecule has 0 spiro atoms. The first kappa shape index (κ1) is 29.0. The number of carbonyl (C=O) groups is 2. The Labute approximate surface area is 218 Å². The van der Waals surface area contributed by atoms with Crippen LogP contribution in [0.3, 0.4) is 0 Å². The Morgan fingerprint density at radius 2 is 1.71 bits per heavy atom. The molecule has 35 heavy (non-hydrogen) atoms. The number of hydrogen-bond acceptors (Lipinski definition) is 6. The van der Waals surface area contributed by atoms with E-state index in [2.05, 4.69) is 54.8 Å². The number of rotatable bonds is 7. The highest BCUT2D eigenvalue weighted by Gasteiger charge is 2.37. The van der Waals surface area contributed by atoms with Gasteiger partial charge in [-0.2, -0.15) is 0 Å². The van der Waals surface area contributed by atoms with E-state index in [9.17, 15) is 9.59 Å². The highest BCUT2D eigenvalue weighted by atomic mass is 79.9. The fourth-order valence-electron chi connectivity index (χ4n) is 2.87. The molecule has 0 aliphatic heterocycles. The predicted molar refractivity (Wildman–Crippen MR) is 144 cm³/mol. The Morgan fingerprint density at radius 1 is 1.06 bits per heavy atom. The maximum absolute atomic E-state index is 13.3. The highest BCUT2D eigenvalue weighted by molar-refractivity contribution is 9.10. The van der Waals surface area contributed by atoms with Gasteiger partial charge in [-0.1, -0.05) is 36.7 Å². The zero-order valence-electron chi connectivity index (χ0n) is 22.2. The van der Waals surface area contributed by atoms with Crippen LogP contribution in [0.15, 0.2) is 41.1 Å². The lowest BCUT2D eigenvalue weighted by Crippen LogP contribution is -2.40. The number of carbonyl (C=O) groups excluding carboxylic acids is 2. The van der Waals surface area contributed by atoms with Crippen LogP contribution in [0.4, 0.5) is 10.5 Å². The van der Waals surface area contributed by atoms with Crippen molar-refractivity contribution in [2.24, 2.45) is 0 Å². The molecule has 1 aromatic heterocycles. The van der Waals surface area contributed by atoms with E-state index in [0.29, 0.717) is 17.9 Å². The molecule has 0 saturated carbocycles. The third kappa shape index (κ3) is 8.15. The van der Waals surface area contributed by atoms with Crippen LogP contribution in [-0.4, -0.2) is 38.1 Å². The summed E-state index contributed by atoms with van der Waals surface area (Å²) in [6, 6.07) is 7.02. The summed E-state index contributed by atoms with van der Waals surface area (Å²) in [5.41, 5.74) is 1.87. The molecule has 0 saturated heterocycles. The van der Waals surface area contributed by atoms with Crippen molar-refractivity contribution in [1.29, 1.82) is 0 Å². The number of ether oxygens (including phenoxy) is 2. The van der Waals surface area contributed by atoms with Crippen LogP contribution in [0.2, 0.25) is 18.1 Å². The van der Waals surface area contributed by atoms with Crippen LogP contribution in [0, 0.1) is 0 Å². The summed E-state index contributed by atoms with van der Waals surface area (Å²) in [7, 11) is -0.625. The SMILES string of the molecule is COC(=O)c1ccc(Br)c(CN(C(=O)OC(C)(C)C)c2cncc(CO[Si](C)(C)C(C)(C)C)c2)c1. The van der Waals surface area contributed by atoms with E-state index in [4.69, 9.17) is 13.9 Å². The number of nitrogens with zero attached hydrogens (tertiary/aromatic N) is 2. The van der Waals surface area contributed by atoms with E-state index in [1.165, 1.54) is 12.0 Å². The quantitative estimate of drug-likeness (QED) is 0.263. The van der Waals surface area contributed by atoms with Crippen molar-refractivity contribution < 1.29 is 23.5 Å². The number of esters is 1. The molecular formula is C26H37BrN2O5Si. The van der Waals surface area contributed by atoms with Crippen molar-refractivity contribution >= 4 is 42.0 Å². The highest BCUT2D eigenvalue weighted by Crippen LogP contribution is 2.37. The largest absolute Gasteiger partial charge is 0.465 e. The van der Waals surface area contributed by atoms with Crippen molar-refractivity contribution in [1.82, 2.24) is 4.98 Å². The Kier molecular flexibility index (Phi) is 9.30. The van der Waals surface area contributed by atoms with Gasteiger partial charge in [0.05, 0.1) is 37.7 Å². The Hall–Kier alpha value is -2.23. The molecule has 0 unspecified atom stereocenters. The molecule has 9 heteroatoms. The third-order valence-corrected chi connectivity index (χ3v) is 11.2. The van der Waals surface area contributed by atoms with E-state index < -0.39 is 26.0 Å². The summed E-state index contributed by atoms with van der Waals surface area (Å²) in [5.74, 6) is -0.450. The Morgan fingerprint density at radius 3 is 2.29 bits per heavy atom. The number of hydrogen-bond donors (Lipinski definition) is 0. The van der Waals surface area contributed by atoms with Crippen molar-refractivity contribution in [2.45, 2.75) is 78.4 Å². The standard InChI is InChI=1S/C26H37BrN2O5Si/c1-25(2,3)34-24(31)29(16-20-13-19(23(30)32-7)10-11-22(20)27)21-12-18(14-28-15-21)17-33-35(8,9)26(4,5)6/h10-15H,16-17H2,1-9H3. The van der Waals surface area contributed by atoms with Crippen LogP contribution in [0.5, 0.6) is 0 Å². The van der Waals surface area contributed by atoms with Crippen molar-refractivity contribution in [3.63, 3.8) is 0 Å². The van der Waals surface area contributed by atoms with Crippen LogP contribution < -0.4 is 4.90 Å².